The lowest BCUT2D eigenvalue weighted by Gasteiger charge is -2.07. The van der Waals surface area contributed by atoms with Crippen LogP contribution in [0, 0.1) is 10.1 Å². The number of halogens is 1. The number of para-hydroxylation sites is 1. The monoisotopic (exact) mass is 293 g/mol. The Labute approximate surface area is 110 Å². The Morgan fingerprint density at radius 1 is 1.44 bits per heavy atom. The summed E-state index contributed by atoms with van der Waals surface area (Å²) in [7, 11) is -2.49. The SMILES string of the molecule is COc1cccc(S(=O)(=O)CCCCl)c1[N+](=O)[O-]. The average Bonchev–Trinajstić information content (AvgIpc) is 2.35. The molecule has 0 aliphatic rings. The van der Waals surface area contributed by atoms with Crippen LogP contribution in [0.3, 0.4) is 0 Å². The Bertz CT molecular complexity index is 543. The Balaban J connectivity index is 3.36. The second-order valence-corrected chi connectivity index (χ2v) is 5.88. The van der Waals surface area contributed by atoms with E-state index in [-0.39, 0.29) is 28.7 Å². The number of methoxy groups -OCH3 is 1. The molecule has 0 unspecified atom stereocenters. The van der Waals surface area contributed by atoms with Crippen molar-refractivity contribution in [3.63, 3.8) is 0 Å². The van der Waals surface area contributed by atoms with Gasteiger partial charge in [0.15, 0.2) is 15.6 Å². The molecular formula is C10H12ClNO5S. The Morgan fingerprint density at radius 2 is 2.11 bits per heavy atom. The molecule has 0 N–H and O–H groups in total. The Kier molecular flexibility index (Phi) is 4.92. The number of hydrogen-bond donors (Lipinski definition) is 0. The van der Waals surface area contributed by atoms with Gasteiger partial charge in [-0.1, -0.05) is 6.07 Å². The molecule has 0 aromatic heterocycles. The maximum Gasteiger partial charge on any atom is 0.329 e. The minimum atomic E-state index is -3.74. The molecule has 1 rings (SSSR count). The normalized spacial score (nSPS) is 11.2. The zero-order valence-electron chi connectivity index (χ0n) is 9.63. The lowest BCUT2D eigenvalue weighted by molar-refractivity contribution is -0.388. The van der Waals surface area contributed by atoms with Crippen LogP contribution in [0.5, 0.6) is 5.75 Å². The minimum absolute atomic E-state index is 0.0769. The third kappa shape index (κ3) is 3.11. The first kappa shape index (κ1) is 14.7. The van der Waals surface area contributed by atoms with Crippen molar-refractivity contribution in [1.82, 2.24) is 0 Å². The average molecular weight is 294 g/mol. The molecule has 0 aliphatic carbocycles. The summed E-state index contributed by atoms with van der Waals surface area (Å²) in [4.78, 5) is 9.86. The van der Waals surface area contributed by atoms with Gasteiger partial charge in [0.2, 0.25) is 0 Å². The molecule has 0 aliphatic heterocycles. The molecule has 0 spiro atoms. The van der Waals surface area contributed by atoms with Crippen LogP contribution in [0.1, 0.15) is 6.42 Å². The summed E-state index contributed by atoms with van der Waals surface area (Å²) in [5, 5.41) is 11.0. The number of alkyl halides is 1. The fourth-order valence-electron chi connectivity index (χ4n) is 1.45. The van der Waals surface area contributed by atoms with Gasteiger partial charge in [-0.25, -0.2) is 8.42 Å². The summed E-state index contributed by atoms with van der Waals surface area (Å²) in [5.74, 6) is -0.131. The molecule has 6 nitrogen and oxygen atoms in total. The number of nitro benzene ring substituents is 1. The molecule has 0 heterocycles. The third-order valence-corrected chi connectivity index (χ3v) is 4.34. The first-order chi connectivity index (χ1) is 8.44. The van der Waals surface area contributed by atoms with E-state index in [1.165, 1.54) is 25.3 Å². The summed E-state index contributed by atoms with van der Waals surface area (Å²) in [6.07, 6.45) is 0.234. The molecule has 0 fully saturated rings. The molecule has 8 heteroatoms. The van der Waals surface area contributed by atoms with E-state index in [2.05, 4.69) is 0 Å². The standard InChI is InChI=1S/C10H12ClNO5S/c1-17-8-4-2-5-9(10(8)12(13)14)18(15,16)7-3-6-11/h2,4-5H,3,6-7H2,1H3. The smallest absolute Gasteiger partial charge is 0.329 e. The topological polar surface area (TPSA) is 86.5 Å². The van der Waals surface area contributed by atoms with E-state index in [1.54, 1.807) is 0 Å². The summed E-state index contributed by atoms with van der Waals surface area (Å²) in [6, 6.07) is 3.95. The van der Waals surface area contributed by atoms with E-state index in [4.69, 9.17) is 16.3 Å². The van der Waals surface area contributed by atoms with Gasteiger partial charge in [0.05, 0.1) is 17.8 Å². The predicted octanol–water partition coefficient (Wildman–Crippen LogP) is 2.01. The van der Waals surface area contributed by atoms with E-state index in [9.17, 15) is 18.5 Å². The number of ether oxygens (including phenoxy) is 1. The zero-order chi connectivity index (χ0) is 13.8. The van der Waals surface area contributed by atoms with Crippen molar-refractivity contribution < 1.29 is 18.1 Å². The number of sulfone groups is 1. The third-order valence-electron chi connectivity index (χ3n) is 2.25. The summed E-state index contributed by atoms with van der Waals surface area (Å²) < 4.78 is 28.7. The van der Waals surface area contributed by atoms with Crippen LogP contribution in [-0.2, 0) is 9.84 Å². The quantitative estimate of drug-likeness (QED) is 0.455. The number of nitro groups is 1. The van der Waals surface area contributed by atoms with Crippen molar-refractivity contribution in [1.29, 1.82) is 0 Å². The van der Waals surface area contributed by atoms with Crippen LogP contribution in [0.25, 0.3) is 0 Å². The first-order valence-corrected chi connectivity index (χ1v) is 7.23. The number of benzene rings is 1. The van der Waals surface area contributed by atoms with Crippen molar-refractivity contribution in [2.24, 2.45) is 0 Å². The second-order valence-electron chi connectivity index (χ2n) is 3.43. The van der Waals surface area contributed by atoms with E-state index in [0.717, 1.165) is 0 Å². The number of hydrogen-bond acceptors (Lipinski definition) is 5. The van der Waals surface area contributed by atoms with Crippen molar-refractivity contribution in [3.05, 3.63) is 28.3 Å². The maximum atomic E-state index is 12.0. The molecule has 0 atom stereocenters. The largest absolute Gasteiger partial charge is 0.490 e. The van der Waals surface area contributed by atoms with Gasteiger partial charge < -0.3 is 4.74 Å². The molecule has 1 aromatic rings. The zero-order valence-corrected chi connectivity index (χ0v) is 11.2. The van der Waals surface area contributed by atoms with Gasteiger partial charge in [-0.15, -0.1) is 11.6 Å². The van der Waals surface area contributed by atoms with E-state index in [1.807, 2.05) is 0 Å². The molecule has 100 valence electrons. The highest BCUT2D eigenvalue weighted by Gasteiger charge is 2.29. The predicted molar refractivity (Wildman–Crippen MR) is 67.0 cm³/mol. The molecule has 0 saturated heterocycles. The van der Waals surface area contributed by atoms with E-state index >= 15 is 0 Å². The fourth-order valence-corrected chi connectivity index (χ4v) is 3.24. The van der Waals surface area contributed by atoms with Gasteiger partial charge in [0.25, 0.3) is 0 Å². The lowest BCUT2D eigenvalue weighted by Crippen LogP contribution is -2.10. The van der Waals surface area contributed by atoms with Gasteiger partial charge in [-0.05, 0) is 18.6 Å². The van der Waals surface area contributed by atoms with Crippen LogP contribution < -0.4 is 4.74 Å². The van der Waals surface area contributed by atoms with Crippen molar-refractivity contribution in [2.45, 2.75) is 11.3 Å². The van der Waals surface area contributed by atoms with Crippen LogP contribution in [0.15, 0.2) is 23.1 Å². The second kappa shape index (κ2) is 6.01. The van der Waals surface area contributed by atoms with Crippen LogP contribution in [0.4, 0.5) is 5.69 Å². The summed E-state index contributed by atoms with van der Waals surface area (Å²) >= 11 is 5.43. The molecule has 1 aromatic carbocycles. The van der Waals surface area contributed by atoms with Gasteiger partial charge in [-0.3, -0.25) is 10.1 Å². The van der Waals surface area contributed by atoms with Crippen LogP contribution in [-0.4, -0.2) is 32.1 Å². The Morgan fingerprint density at radius 3 is 2.61 bits per heavy atom. The first-order valence-electron chi connectivity index (χ1n) is 5.04. The lowest BCUT2D eigenvalue weighted by atomic mass is 10.3. The highest BCUT2D eigenvalue weighted by molar-refractivity contribution is 7.91. The van der Waals surface area contributed by atoms with Crippen molar-refractivity contribution in [3.8, 4) is 5.75 Å². The van der Waals surface area contributed by atoms with Gasteiger partial charge in [-0.2, -0.15) is 0 Å². The highest BCUT2D eigenvalue weighted by Crippen LogP contribution is 2.34. The number of nitrogens with zero attached hydrogens (tertiary/aromatic N) is 1. The Hall–Kier alpha value is -1.34. The van der Waals surface area contributed by atoms with E-state index in [0.29, 0.717) is 0 Å². The highest BCUT2D eigenvalue weighted by atomic mass is 35.5. The molecule has 0 amide bonds. The molecule has 0 bridgehead atoms. The van der Waals surface area contributed by atoms with Crippen molar-refractivity contribution >= 4 is 27.1 Å². The fraction of sp³-hybridized carbons (Fsp3) is 0.400. The molecule has 0 radical (unpaired) electrons. The molecule has 0 saturated carbocycles. The maximum absolute atomic E-state index is 12.0. The number of rotatable bonds is 6. The minimum Gasteiger partial charge on any atom is -0.490 e. The van der Waals surface area contributed by atoms with Crippen molar-refractivity contribution in [2.75, 3.05) is 18.7 Å². The molecule has 18 heavy (non-hydrogen) atoms. The summed E-state index contributed by atoms with van der Waals surface area (Å²) in [5.41, 5.74) is -0.533. The molecular weight excluding hydrogens is 282 g/mol. The van der Waals surface area contributed by atoms with Gasteiger partial charge in [0, 0.05) is 5.88 Å². The van der Waals surface area contributed by atoms with Gasteiger partial charge in [0.1, 0.15) is 4.90 Å². The summed E-state index contributed by atoms with van der Waals surface area (Å²) in [6.45, 7) is 0. The van der Waals surface area contributed by atoms with Crippen LogP contribution >= 0.6 is 11.6 Å². The van der Waals surface area contributed by atoms with Crippen LogP contribution in [0.2, 0.25) is 0 Å². The van der Waals surface area contributed by atoms with Gasteiger partial charge >= 0.3 is 5.69 Å². The van der Waals surface area contributed by atoms with E-state index < -0.39 is 20.4 Å².